The number of rotatable bonds is 40. The molecule has 27 heteroatoms. The van der Waals surface area contributed by atoms with E-state index in [0.29, 0.717) is 83.1 Å². The van der Waals surface area contributed by atoms with Gasteiger partial charge in [0.15, 0.2) is 0 Å². The number of carbonyl (C=O) groups is 9. The number of nitrogens with one attached hydrogen (secondary N) is 8. The van der Waals surface area contributed by atoms with Crippen LogP contribution < -0.4 is 90.2 Å². The third kappa shape index (κ3) is 23.2. The number of nitrogens with two attached hydrogens (primary N) is 5. The van der Waals surface area contributed by atoms with Gasteiger partial charge in [0.2, 0.25) is 23.6 Å². The van der Waals surface area contributed by atoms with Crippen molar-refractivity contribution in [3.05, 3.63) is 131 Å². The lowest BCUT2D eigenvalue weighted by atomic mass is 10.0. The largest absolute Gasteiger partial charge is 0.496 e. The van der Waals surface area contributed by atoms with Crippen LogP contribution in [-0.4, -0.2) is 143 Å². The summed E-state index contributed by atoms with van der Waals surface area (Å²) in [6, 6.07) is 20.4. The standard InChI is InChI=1S/C66H89N13O14/c1-90-54-27-23-41(72-62(84)49(71)19-9-6-13-31-67)36-45(54)58(80)76-50(20-10-14-32-68)63(85)73-42-24-28-55(91-2)46(37-42)59(81)77-51(21-11-15-33-69)64(86)74-43-25-29-56(92-3)47(38-43)60(82)78-52(22-12-16-34-70)65(87)75-44-26-30-57(93-4)48(39-44)61(83)79-53(66(88)89)35-40-17-7-5-8-18-40/h5,7-8,17-18,23-30,36-39,49-53H,6,9-16,19-22,31-35,67-71H2,1-4H3,(H,72,84)(H,73,85)(H,74,86)(H,75,87)(H,76,80)(H,77,81)(H,78,82)(H,79,83)(H,88,89)/t49-,50-,51-,52-,53-/m0/s1. The highest BCUT2D eigenvalue weighted by Gasteiger charge is 2.30. The zero-order valence-corrected chi connectivity index (χ0v) is 53.1. The van der Waals surface area contributed by atoms with Gasteiger partial charge in [0.1, 0.15) is 47.2 Å². The highest BCUT2D eigenvalue weighted by molar-refractivity contribution is 6.08. The second-order valence-electron chi connectivity index (χ2n) is 21.8. The fourth-order valence-electron chi connectivity index (χ4n) is 9.87. The molecule has 27 nitrogen and oxygen atoms in total. The van der Waals surface area contributed by atoms with Gasteiger partial charge in [0, 0.05) is 29.2 Å². The number of methoxy groups -OCH3 is 4. The lowest BCUT2D eigenvalue weighted by Crippen LogP contribution is -2.44. The summed E-state index contributed by atoms with van der Waals surface area (Å²) in [7, 11) is 5.38. The SMILES string of the molecule is COc1ccc(NC(=O)[C@H](CCCCN)NC(=O)c2cc(NC(=O)[C@H](CCCCN)NC(=O)c3cc(NC(=O)[C@H](CCCCN)NC(=O)c4cc(NC(=O)[C@@H](N)CCCCCN)ccc4OC)ccc3OC)ccc2OC)cc1C(=O)N[C@@H](Cc1ccccc1)C(=O)O. The quantitative estimate of drug-likeness (QED) is 0.0240. The predicted octanol–water partition coefficient (Wildman–Crippen LogP) is 4.53. The minimum atomic E-state index is -1.30. The molecule has 0 aromatic heterocycles. The Labute approximate surface area is 541 Å². The summed E-state index contributed by atoms with van der Waals surface area (Å²) in [5.41, 5.74) is 30.3. The van der Waals surface area contributed by atoms with Crippen LogP contribution in [0.25, 0.3) is 0 Å². The van der Waals surface area contributed by atoms with E-state index in [2.05, 4.69) is 42.5 Å². The Kier molecular flexibility index (Phi) is 31.0. The van der Waals surface area contributed by atoms with Crippen molar-refractivity contribution in [3.8, 4) is 23.0 Å². The minimum absolute atomic E-state index is 0.00264. The van der Waals surface area contributed by atoms with E-state index < -0.39 is 83.4 Å². The minimum Gasteiger partial charge on any atom is -0.496 e. The monoisotopic (exact) mass is 1290 g/mol. The summed E-state index contributed by atoms with van der Waals surface area (Å²) in [6.45, 7) is 1.46. The zero-order valence-electron chi connectivity index (χ0n) is 53.1. The number of unbranched alkanes of at least 4 members (excludes halogenated alkanes) is 5. The highest BCUT2D eigenvalue weighted by atomic mass is 16.5. The Balaban J connectivity index is 1.32. The fraction of sp³-hybridized carbons (Fsp3) is 0.409. The molecule has 5 atom stereocenters. The molecule has 0 aliphatic heterocycles. The Morgan fingerprint density at radius 2 is 0.667 bits per heavy atom. The first-order chi connectivity index (χ1) is 44.8. The average Bonchev–Trinajstić information content (AvgIpc) is 0.956. The molecule has 0 saturated heterocycles. The summed E-state index contributed by atoms with van der Waals surface area (Å²) < 4.78 is 22.0. The van der Waals surface area contributed by atoms with Crippen molar-refractivity contribution in [2.45, 2.75) is 120 Å². The molecule has 0 aliphatic rings. The van der Waals surface area contributed by atoms with Gasteiger partial charge in [-0.3, -0.25) is 38.4 Å². The molecule has 5 aromatic carbocycles. The zero-order chi connectivity index (χ0) is 67.8. The maximum atomic E-state index is 14.3. The summed E-state index contributed by atoms with van der Waals surface area (Å²) in [5.74, 6) is -6.24. The Morgan fingerprint density at radius 3 is 0.968 bits per heavy atom. The highest BCUT2D eigenvalue weighted by Crippen LogP contribution is 2.29. The van der Waals surface area contributed by atoms with Crippen molar-refractivity contribution < 1.29 is 67.2 Å². The molecule has 5 aromatic rings. The molecule has 8 amide bonds. The first-order valence-electron chi connectivity index (χ1n) is 30.8. The topological polar surface area (TPSA) is 437 Å². The van der Waals surface area contributed by atoms with Gasteiger partial charge in [-0.05, 0) is 175 Å². The van der Waals surface area contributed by atoms with E-state index in [0.717, 1.165) is 12.8 Å². The summed E-state index contributed by atoms with van der Waals surface area (Å²) in [6.07, 6.45) is 6.00. The van der Waals surface area contributed by atoms with Crippen LogP contribution >= 0.6 is 0 Å². The van der Waals surface area contributed by atoms with Crippen LogP contribution in [0.5, 0.6) is 23.0 Å². The number of carboxylic acids is 1. The number of anilines is 4. The van der Waals surface area contributed by atoms with E-state index >= 15 is 0 Å². The van der Waals surface area contributed by atoms with Crippen molar-refractivity contribution in [1.82, 2.24) is 21.3 Å². The number of hydrogen-bond acceptors (Lipinski definition) is 18. The number of ether oxygens (including phenoxy) is 4. The van der Waals surface area contributed by atoms with Crippen LogP contribution in [0.15, 0.2) is 103 Å². The molecule has 0 heterocycles. The maximum absolute atomic E-state index is 14.3. The molecule has 0 aliphatic carbocycles. The Bertz CT molecular complexity index is 3340. The van der Waals surface area contributed by atoms with Gasteiger partial charge < -0.3 is 95.3 Å². The number of amides is 8. The molecule has 19 N–H and O–H groups in total. The van der Waals surface area contributed by atoms with Gasteiger partial charge in [-0.25, -0.2) is 4.79 Å². The molecule has 0 bridgehead atoms. The van der Waals surface area contributed by atoms with Gasteiger partial charge in [-0.2, -0.15) is 0 Å². The van der Waals surface area contributed by atoms with E-state index in [4.69, 9.17) is 47.6 Å². The summed E-state index contributed by atoms with van der Waals surface area (Å²) in [4.78, 5) is 124. The second kappa shape index (κ2) is 38.9. The van der Waals surface area contributed by atoms with Crippen molar-refractivity contribution in [2.75, 3.05) is 75.9 Å². The molecular weight excluding hydrogens is 1200 g/mol. The molecule has 0 fully saturated rings. The normalized spacial score (nSPS) is 12.5. The van der Waals surface area contributed by atoms with Gasteiger partial charge in [0.25, 0.3) is 23.6 Å². The van der Waals surface area contributed by atoms with Crippen LogP contribution in [0, 0.1) is 0 Å². The van der Waals surface area contributed by atoms with Crippen molar-refractivity contribution >= 4 is 76.0 Å². The van der Waals surface area contributed by atoms with E-state index in [-0.39, 0.29) is 93.7 Å². The fourth-order valence-corrected chi connectivity index (χ4v) is 9.87. The number of aliphatic carboxylic acids is 1. The van der Waals surface area contributed by atoms with Gasteiger partial charge in [0.05, 0.1) is 56.7 Å². The van der Waals surface area contributed by atoms with Gasteiger partial charge in [-0.1, -0.05) is 43.2 Å². The molecule has 93 heavy (non-hydrogen) atoms. The molecule has 5 rings (SSSR count). The van der Waals surface area contributed by atoms with Gasteiger partial charge in [-0.15, -0.1) is 0 Å². The Morgan fingerprint density at radius 1 is 0.376 bits per heavy atom. The van der Waals surface area contributed by atoms with Crippen molar-refractivity contribution in [2.24, 2.45) is 28.7 Å². The summed E-state index contributed by atoms with van der Waals surface area (Å²) in [5, 5.41) is 31.9. The van der Waals surface area contributed by atoms with Gasteiger partial charge >= 0.3 is 5.97 Å². The number of carboxylic acid groups (broad SMARTS) is 1. The average molecular weight is 1290 g/mol. The predicted molar refractivity (Wildman–Crippen MR) is 354 cm³/mol. The van der Waals surface area contributed by atoms with Crippen LogP contribution in [0.4, 0.5) is 22.7 Å². The molecule has 0 spiro atoms. The van der Waals surface area contributed by atoms with E-state index in [9.17, 15) is 48.3 Å². The number of benzene rings is 5. The van der Waals surface area contributed by atoms with E-state index in [1.54, 1.807) is 36.4 Å². The lowest BCUT2D eigenvalue weighted by molar-refractivity contribution is -0.139. The van der Waals surface area contributed by atoms with Crippen LogP contribution in [-0.2, 0) is 30.4 Å². The maximum Gasteiger partial charge on any atom is 0.326 e. The van der Waals surface area contributed by atoms with E-state index in [1.807, 2.05) is 0 Å². The third-order valence-electron chi connectivity index (χ3n) is 15.0. The van der Waals surface area contributed by atoms with Crippen LogP contribution in [0.1, 0.15) is 130 Å². The van der Waals surface area contributed by atoms with Crippen LogP contribution in [0.3, 0.4) is 0 Å². The number of hydrogen-bond donors (Lipinski definition) is 14. The van der Waals surface area contributed by atoms with E-state index in [1.165, 1.54) is 95.2 Å². The lowest BCUT2D eigenvalue weighted by Gasteiger charge is -2.22. The first kappa shape index (κ1) is 74.1. The molecule has 0 saturated carbocycles. The second-order valence-corrected chi connectivity index (χ2v) is 21.8. The number of carbonyl (C=O) groups excluding carboxylic acids is 8. The first-order valence-corrected chi connectivity index (χ1v) is 30.8. The third-order valence-corrected chi connectivity index (χ3v) is 15.0. The molecule has 0 unspecified atom stereocenters. The summed E-state index contributed by atoms with van der Waals surface area (Å²) >= 11 is 0. The molecular formula is C66H89N13O14. The van der Waals surface area contributed by atoms with Crippen molar-refractivity contribution in [3.63, 3.8) is 0 Å². The van der Waals surface area contributed by atoms with Crippen molar-refractivity contribution in [1.29, 1.82) is 0 Å². The molecule has 0 radical (unpaired) electrons. The molecule has 502 valence electrons. The van der Waals surface area contributed by atoms with Crippen LogP contribution in [0.2, 0.25) is 0 Å². The smallest absolute Gasteiger partial charge is 0.326 e. The Hall–Kier alpha value is -9.67.